The maximum atomic E-state index is 13.2. The smallest absolute Gasteiger partial charge is 0.337 e. The highest BCUT2D eigenvalue weighted by molar-refractivity contribution is 6.10. The third kappa shape index (κ3) is 3.33. The third-order valence-corrected chi connectivity index (χ3v) is 5.52. The molecule has 0 amide bonds. The zero-order valence-electron chi connectivity index (χ0n) is 16.4. The number of carbonyl (C=O) groups excluding carboxylic acids is 2. The maximum Gasteiger partial charge on any atom is 0.337 e. The average Bonchev–Trinajstić information content (AvgIpc) is 2.83. The van der Waals surface area contributed by atoms with Crippen LogP contribution in [0.2, 0.25) is 0 Å². The summed E-state index contributed by atoms with van der Waals surface area (Å²) in [4.78, 5) is 29.8. The first-order valence-electron chi connectivity index (χ1n) is 9.52. The number of hydrogen-bond acceptors (Lipinski definition) is 5. The first-order valence-corrected chi connectivity index (χ1v) is 9.52. The van der Waals surface area contributed by atoms with Crippen molar-refractivity contribution in [3.63, 3.8) is 0 Å². The second kappa shape index (κ2) is 6.89. The van der Waals surface area contributed by atoms with Crippen LogP contribution in [0.15, 0.2) is 53.5 Å². The van der Waals surface area contributed by atoms with Crippen LogP contribution in [-0.4, -0.2) is 24.6 Å². The molecule has 1 aliphatic heterocycles. The van der Waals surface area contributed by atoms with Crippen molar-refractivity contribution in [1.29, 1.82) is 0 Å². The minimum atomic E-state index is -0.372. The summed E-state index contributed by atoms with van der Waals surface area (Å²) >= 11 is 0. The number of esters is 1. The standard InChI is InChI=1S/C23H24N2O3/c1-23(2)12-18-20(19(26)13-23)21(25-17-7-5-4-6-16(17)24-18)14-8-10-15(11-9-14)22(27)28-3/h4-11,20-21,25H,12-13H2,1-3H3/t20?,21-/m1/s1. The van der Waals surface area contributed by atoms with E-state index in [1.807, 2.05) is 36.4 Å². The SMILES string of the molecule is COC(=O)c1ccc([C@H]2Nc3ccccc3N=C3CC(C)(C)CC(=O)C32)cc1. The molecular weight excluding hydrogens is 352 g/mol. The first-order chi connectivity index (χ1) is 13.4. The molecular formula is C23H24N2O3. The molecule has 2 atom stereocenters. The highest BCUT2D eigenvalue weighted by Gasteiger charge is 2.43. The second-order valence-corrected chi connectivity index (χ2v) is 8.32. The number of methoxy groups -OCH3 is 1. The van der Waals surface area contributed by atoms with Crippen LogP contribution in [0, 0.1) is 11.3 Å². The number of aliphatic imine (C=N–C) groups is 1. The predicted octanol–water partition coefficient (Wildman–Crippen LogP) is 4.72. The van der Waals surface area contributed by atoms with Gasteiger partial charge in [0.15, 0.2) is 0 Å². The maximum absolute atomic E-state index is 13.2. The van der Waals surface area contributed by atoms with Gasteiger partial charge in [-0.25, -0.2) is 4.79 Å². The molecule has 1 heterocycles. The van der Waals surface area contributed by atoms with Gasteiger partial charge in [-0.05, 0) is 41.7 Å². The van der Waals surface area contributed by atoms with Crippen LogP contribution in [-0.2, 0) is 9.53 Å². The zero-order valence-corrected chi connectivity index (χ0v) is 16.4. The van der Waals surface area contributed by atoms with E-state index in [2.05, 4.69) is 19.2 Å². The molecule has 1 unspecified atom stereocenters. The fourth-order valence-electron chi connectivity index (χ4n) is 4.24. The Hall–Kier alpha value is -2.95. The predicted molar refractivity (Wildman–Crippen MR) is 109 cm³/mol. The molecule has 1 fully saturated rings. The van der Waals surface area contributed by atoms with Crippen LogP contribution < -0.4 is 5.32 Å². The van der Waals surface area contributed by atoms with Crippen LogP contribution in [0.1, 0.15) is 48.7 Å². The number of Topliss-reactive ketones (excluding diaryl/α,β-unsaturated/α-hetero) is 1. The monoisotopic (exact) mass is 376 g/mol. The number of para-hydroxylation sites is 2. The summed E-state index contributed by atoms with van der Waals surface area (Å²) in [5, 5.41) is 3.54. The van der Waals surface area contributed by atoms with E-state index in [4.69, 9.17) is 9.73 Å². The van der Waals surface area contributed by atoms with Gasteiger partial charge in [-0.2, -0.15) is 0 Å². The third-order valence-electron chi connectivity index (χ3n) is 5.52. The van der Waals surface area contributed by atoms with Crippen LogP contribution in [0.25, 0.3) is 0 Å². The number of rotatable bonds is 2. The molecule has 4 rings (SSSR count). The Kier molecular flexibility index (Phi) is 4.53. The molecule has 28 heavy (non-hydrogen) atoms. The molecule has 0 saturated heterocycles. The number of fused-ring (bicyclic) bond motifs is 2. The van der Waals surface area contributed by atoms with E-state index in [1.165, 1.54) is 7.11 Å². The van der Waals surface area contributed by atoms with Gasteiger partial charge < -0.3 is 10.1 Å². The van der Waals surface area contributed by atoms with Gasteiger partial charge in [0, 0.05) is 12.1 Å². The molecule has 5 heteroatoms. The molecule has 144 valence electrons. The highest BCUT2D eigenvalue weighted by Crippen LogP contribution is 2.44. The highest BCUT2D eigenvalue weighted by atomic mass is 16.5. The quantitative estimate of drug-likeness (QED) is 0.770. The summed E-state index contributed by atoms with van der Waals surface area (Å²) in [6.45, 7) is 4.24. The summed E-state index contributed by atoms with van der Waals surface area (Å²) in [5.74, 6) is -0.481. The van der Waals surface area contributed by atoms with Gasteiger partial charge in [0.2, 0.25) is 0 Å². The van der Waals surface area contributed by atoms with E-state index in [0.717, 1.165) is 29.1 Å². The number of anilines is 1. The molecule has 0 aromatic heterocycles. The molecule has 1 N–H and O–H groups in total. The molecule has 0 spiro atoms. The van der Waals surface area contributed by atoms with Gasteiger partial charge in [-0.3, -0.25) is 9.79 Å². The summed E-state index contributed by atoms with van der Waals surface area (Å²) in [7, 11) is 1.37. The van der Waals surface area contributed by atoms with Crippen LogP contribution in [0.5, 0.6) is 0 Å². The molecule has 2 aromatic rings. The van der Waals surface area contributed by atoms with Gasteiger partial charge in [-0.1, -0.05) is 38.1 Å². The van der Waals surface area contributed by atoms with Crippen molar-refractivity contribution in [2.45, 2.75) is 32.7 Å². The van der Waals surface area contributed by atoms with Crippen LogP contribution in [0.3, 0.4) is 0 Å². The second-order valence-electron chi connectivity index (χ2n) is 8.32. The van der Waals surface area contributed by atoms with E-state index in [0.29, 0.717) is 12.0 Å². The van der Waals surface area contributed by atoms with Crippen molar-refractivity contribution < 1.29 is 14.3 Å². The van der Waals surface area contributed by atoms with Gasteiger partial charge in [0.25, 0.3) is 0 Å². The minimum absolute atomic E-state index is 0.0923. The van der Waals surface area contributed by atoms with Crippen molar-refractivity contribution in [3.05, 3.63) is 59.7 Å². The van der Waals surface area contributed by atoms with Gasteiger partial charge in [0.05, 0.1) is 36.0 Å². The molecule has 1 saturated carbocycles. The first kappa shape index (κ1) is 18.4. The Bertz CT molecular complexity index is 960. The molecule has 1 aliphatic carbocycles. The molecule has 0 bridgehead atoms. The van der Waals surface area contributed by atoms with Crippen molar-refractivity contribution in [2.24, 2.45) is 16.3 Å². The Morgan fingerprint density at radius 1 is 1.11 bits per heavy atom. The van der Waals surface area contributed by atoms with Crippen LogP contribution in [0.4, 0.5) is 11.4 Å². The topological polar surface area (TPSA) is 67.8 Å². The van der Waals surface area contributed by atoms with Crippen LogP contribution >= 0.6 is 0 Å². The number of hydrogen-bond donors (Lipinski definition) is 1. The summed E-state index contributed by atoms with van der Waals surface area (Å²) in [6.07, 6.45) is 1.32. The zero-order chi connectivity index (χ0) is 19.9. The largest absolute Gasteiger partial charge is 0.465 e. The number of nitrogens with one attached hydrogen (secondary N) is 1. The Morgan fingerprint density at radius 3 is 2.54 bits per heavy atom. The van der Waals surface area contributed by atoms with E-state index >= 15 is 0 Å². The van der Waals surface area contributed by atoms with Gasteiger partial charge in [0.1, 0.15) is 5.78 Å². The van der Waals surface area contributed by atoms with E-state index in [1.54, 1.807) is 12.1 Å². The van der Waals surface area contributed by atoms with Crippen molar-refractivity contribution in [2.75, 3.05) is 12.4 Å². The average molecular weight is 376 g/mol. The number of ketones is 1. The molecule has 2 aliphatic rings. The Morgan fingerprint density at radius 2 is 1.82 bits per heavy atom. The Labute approximate surface area is 164 Å². The number of nitrogens with zero attached hydrogens (tertiary/aromatic N) is 1. The minimum Gasteiger partial charge on any atom is -0.465 e. The summed E-state index contributed by atoms with van der Waals surface area (Å²) in [6, 6.07) is 14.9. The molecule has 2 aromatic carbocycles. The van der Waals surface area contributed by atoms with E-state index < -0.39 is 0 Å². The van der Waals surface area contributed by atoms with Crippen molar-refractivity contribution in [3.8, 4) is 0 Å². The lowest BCUT2D eigenvalue weighted by molar-refractivity contribution is -0.124. The summed E-state index contributed by atoms with van der Waals surface area (Å²) < 4.78 is 4.79. The van der Waals surface area contributed by atoms with Gasteiger partial charge >= 0.3 is 5.97 Å². The fourth-order valence-corrected chi connectivity index (χ4v) is 4.24. The lowest BCUT2D eigenvalue weighted by atomic mass is 9.68. The normalized spacial score (nSPS) is 22.8. The number of benzene rings is 2. The lowest BCUT2D eigenvalue weighted by Gasteiger charge is -2.37. The fraction of sp³-hybridized carbons (Fsp3) is 0.348. The molecule has 0 radical (unpaired) electrons. The summed E-state index contributed by atoms with van der Waals surface area (Å²) in [5.41, 5.74) is 4.06. The molecule has 5 nitrogen and oxygen atoms in total. The lowest BCUT2D eigenvalue weighted by Crippen LogP contribution is -2.42. The Balaban J connectivity index is 1.79. The van der Waals surface area contributed by atoms with Crippen molar-refractivity contribution in [1.82, 2.24) is 0 Å². The van der Waals surface area contributed by atoms with E-state index in [9.17, 15) is 9.59 Å². The van der Waals surface area contributed by atoms with Crippen molar-refractivity contribution >= 4 is 28.8 Å². The van der Waals surface area contributed by atoms with Gasteiger partial charge in [-0.15, -0.1) is 0 Å². The van der Waals surface area contributed by atoms with E-state index in [-0.39, 0.29) is 29.1 Å². The number of ether oxygens (including phenoxy) is 1. The number of carbonyl (C=O) groups is 2.